The summed E-state index contributed by atoms with van der Waals surface area (Å²) in [7, 11) is 0. The summed E-state index contributed by atoms with van der Waals surface area (Å²) in [5, 5.41) is 14.5. The molecule has 1 aliphatic rings. The van der Waals surface area contributed by atoms with Crippen molar-refractivity contribution in [3.63, 3.8) is 0 Å². The molecule has 0 saturated carbocycles. The van der Waals surface area contributed by atoms with E-state index >= 15 is 0 Å². The Morgan fingerprint density at radius 2 is 1.89 bits per heavy atom. The van der Waals surface area contributed by atoms with Crippen LogP contribution >= 0.6 is 0 Å². The number of hydrogen-bond acceptors (Lipinski definition) is 4. The Kier molecular flexibility index (Phi) is 4.35. The lowest BCUT2D eigenvalue weighted by atomic mass is 9.94. The third-order valence-corrected chi connectivity index (χ3v) is 3.65. The van der Waals surface area contributed by atoms with Gasteiger partial charge in [0.15, 0.2) is 0 Å². The maximum absolute atomic E-state index is 11.9. The fourth-order valence-corrected chi connectivity index (χ4v) is 2.51. The standard InChI is InChI=1S/C14H28N2O3/c1-12(2,3)19-9-11(17)15-10-8-13(4,5)16(18)14(10,6)7/h10,18H,8-9H2,1-7H3,(H,15,17). The van der Waals surface area contributed by atoms with Gasteiger partial charge in [0.05, 0.1) is 17.2 Å². The van der Waals surface area contributed by atoms with E-state index in [0.717, 1.165) is 0 Å². The minimum atomic E-state index is -0.485. The van der Waals surface area contributed by atoms with Crippen molar-refractivity contribution in [2.45, 2.75) is 77.6 Å². The molecule has 1 fully saturated rings. The van der Waals surface area contributed by atoms with Gasteiger partial charge >= 0.3 is 0 Å². The number of hydrogen-bond donors (Lipinski definition) is 2. The van der Waals surface area contributed by atoms with Gasteiger partial charge in [0.25, 0.3) is 0 Å². The summed E-state index contributed by atoms with van der Waals surface area (Å²) >= 11 is 0. The molecule has 1 rings (SSSR count). The number of carbonyl (C=O) groups is 1. The number of amides is 1. The van der Waals surface area contributed by atoms with Gasteiger partial charge in [0.2, 0.25) is 5.91 Å². The Morgan fingerprint density at radius 1 is 1.37 bits per heavy atom. The minimum Gasteiger partial charge on any atom is -0.366 e. The molecule has 0 radical (unpaired) electrons. The van der Waals surface area contributed by atoms with Gasteiger partial charge in [0.1, 0.15) is 6.61 Å². The lowest BCUT2D eigenvalue weighted by molar-refractivity contribution is -0.194. The summed E-state index contributed by atoms with van der Waals surface area (Å²) in [5.41, 5.74) is -1.15. The van der Waals surface area contributed by atoms with Crippen molar-refractivity contribution >= 4 is 5.91 Å². The van der Waals surface area contributed by atoms with Crippen LogP contribution in [0, 0.1) is 0 Å². The van der Waals surface area contributed by atoms with E-state index in [2.05, 4.69) is 5.32 Å². The van der Waals surface area contributed by atoms with E-state index in [1.807, 2.05) is 48.5 Å². The molecular weight excluding hydrogens is 244 g/mol. The van der Waals surface area contributed by atoms with Gasteiger partial charge < -0.3 is 15.3 Å². The van der Waals surface area contributed by atoms with Crippen LogP contribution in [0.3, 0.4) is 0 Å². The van der Waals surface area contributed by atoms with E-state index in [1.165, 1.54) is 5.06 Å². The molecule has 0 aromatic heterocycles. The molecule has 2 N–H and O–H groups in total. The third kappa shape index (κ3) is 3.91. The molecule has 1 aliphatic heterocycles. The van der Waals surface area contributed by atoms with E-state index in [-0.39, 0.29) is 29.7 Å². The van der Waals surface area contributed by atoms with Gasteiger partial charge in [-0.15, -0.1) is 0 Å². The highest BCUT2D eigenvalue weighted by Crippen LogP contribution is 2.38. The SMILES string of the molecule is CC(C)(C)OCC(=O)NC1CC(C)(C)N(O)C1(C)C. The van der Waals surface area contributed by atoms with Crippen LogP contribution in [0.25, 0.3) is 0 Å². The highest BCUT2D eigenvalue weighted by molar-refractivity contribution is 5.77. The highest BCUT2D eigenvalue weighted by Gasteiger charge is 2.51. The maximum atomic E-state index is 11.9. The molecule has 5 heteroatoms. The van der Waals surface area contributed by atoms with E-state index < -0.39 is 5.54 Å². The van der Waals surface area contributed by atoms with Gasteiger partial charge in [-0.1, -0.05) is 0 Å². The van der Waals surface area contributed by atoms with Crippen LogP contribution in [-0.2, 0) is 9.53 Å². The molecule has 0 spiro atoms. The van der Waals surface area contributed by atoms with Crippen LogP contribution in [0.5, 0.6) is 0 Å². The average molecular weight is 272 g/mol. The van der Waals surface area contributed by atoms with Crippen molar-refractivity contribution in [3.8, 4) is 0 Å². The Morgan fingerprint density at radius 3 is 2.26 bits per heavy atom. The number of rotatable bonds is 3. The second-order valence-corrected chi connectivity index (χ2v) is 7.50. The fraction of sp³-hybridized carbons (Fsp3) is 0.929. The Bertz CT molecular complexity index is 345. The maximum Gasteiger partial charge on any atom is 0.246 e. The van der Waals surface area contributed by atoms with Gasteiger partial charge in [-0.05, 0) is 54.9 Å². The van der Waals surface area contributed by atoms with Crippen molar-refractivity contribution in [1.29, 1.82) is 0 Å². The summed E-state index contributed by atoms with van der Waals surface area (Å²) in [5.74, 6) is -0.140. The predicted octanol–water partition coefficient (Wildman–Crippen LogP) is 1.94. The molecule has 1 atom stereocenters. The van der Waals surface area contributed by atoms with Crippen LogP contribution in [-0.4, -0.2) is 45.5 Å². The van der Waals surface area contributed by atoms with Crippen LogP contribution in [0.15, 0.2) is 0 Å². The molecule has 0 aliphatic carbocycles. The summed E-state index contributed by atoms with van der Waals surface area (Å²) in [6, 6.07) is -0.0939. The van der Waals surface area contributed by atoms with Gasteiger partial charge in [0, 0.05) is 5.54 Å². The van der Waals surface area contributed by atoms with Crippen LogP contribution in [0.2, 0.25) is 0 Å². The van der Waals surface area contributed by atoms with Gasteiger partial charge in [-0.25, -0.2) is 0 Å². The molecule has 1 saturated heterocycles. The summed E-state index contributed by atoms with van der Waals surface area (Å²) < 4.78 is 5.46. The lowest BCUT2D eigenvalue weighted by Gasteiger charge is -2.36. The van der Waals surface area contributed by atoms with E-state index in [9.17, 15) is 10.0 Å². The highest BCUT2D eigenvalue weighted by atomic mass is 16.5. The zero-order valence-corrected chi connectivity index (χ0v) is 13.2. The Hall–Kier alpha value is -0.650. The first-order chi connectivity index (χ1) is 8.36. The number of nitrogens with zero attached hydrogens (tertiary/aromatic N) is 1. The quantitative estimate of drug-likeness (QED) is 0.824. The first-order valence-electron chi connectivity index (χ1n) is 6.79. The topological polar surface area (TPSA) is 61.8 Å². The van der Waals surface area contributed by atoms with Crippen LogP contribution in [0.4, 0.5) is 0 Å². The summed E-state index contributed by atoms with van der Waals surface area (Å²) in [6.07, 6.45) is 0.706. The number of hydroxylamine groups is 2. The molecule has 1 heterocycles. The largest absolute Gasteiger partial charge is 0.366 e. The molecule has 19 heavy (non-hydrogen) atoms. The molecule has 0 bridgehead atoms. The Balaban J connectivity index is 2.61. The number of nitrogens with one attached hydrogen (secondary N) is 1. The molecular formula is C14H28N2O3. The van der Waals surface area contributed by atoms with Crippen molar-refractivity contribution in [1.82, 2.24) is 10.4 Å². The smallest absolute Gasteiger partial charge is 0.246 e. The van der Waals surface area contributed by atoms with Crippen molar-refractivity contribution in [2.75, 3.05) is 6.61 Å². The van der Waals surface area contributed by atoms with E-state index in [4.69, 9.17) is 4.74 Å². The normalized spacial score (nSPS) is 26.4. The predicted molar refractivity (Wildman–Crippen MR) is 74.0 cm³/mol. The Labute approximate surface area is 116 Å². The molecule has 0 aromatic rings. The second kappa shape index (κ2) is 5.04. The van der Waals surface area contributed by atoms with Gasteiger partial charge in [-0.3, -0.25) is 4.79 Å². The van der Waals surface area contributed by atoms with Crippen LogP contribution < -0.4 is 5.32 Å². The molecule has 5 nitrogen and oxygen atoms in total. The van der Waals surface area contributed by atoms with Gasteiger partial charge in [-0.2, -0.15) is 5.06 Å². The first kappa shape index (κ1) is 16.4. The zero-order valence-electron chi connectivity index (χ0n) is 13.2. The number of ether oxygens (including phenoxy) is 1. The molecule has 1 unspecified atom stereocenters. The van der Waals surface area contributed by atoms with Crippen molar-refractivity contribution in [2.24, 2.45) is 0 Å². The van der Waals surface area contributed by atoms with Crippen molar-refractivity contribution < 1.29 is 14.7 Å². The van der Waals surface area contributed by atoms with E-state index in [1.54, 1.807) is 0 Å². The second-order valence-electron chi connectivity index (χ2n) is 7.50. The number of carbonyl (C=O) groups excluding carboxylic acids is 1. The lowest BCUT2D eigenvalue weighted by Crippen LogP contribution is -2.53. The first-order valence-corrected chi connectivity index (χ1v) is 6.79. The minimum absolute atomic E-state index is 0.0436. The average Bonchev–Trinajstić information content (AvgIpc) is 2.36. The summed E-state index contributed by atoms with van der Waals surface area (Å²) in [6.45, 7) is 13.6. The van der Waals surface area contributed by atoms with E-state index in [0.29, 0.717) is 6.42 Å². The fourth-order valence-electron chi connectivity index (χ4n) is 2.51. The zero-order chi connectivity index (χ0) is 15.1. The summed E-state index contributed by atoms with van der Waals surface area (Å²) in [4.78, 5) is 11.9. The molecule has 112 valence electrons. The third-order valence-electron chi connectivity index (χ3n) is 3.65. The molecule has 1 amide bonds. The molecule has 0 aromatic carbocycles. The monoisotopic (exact) mass is 272 g/mol. The van der Waals surface area contributed by atoms with Crippen molar-refractivity contribution in [3.05, 3.63) is 0 Å². The van der Waals surface area contributed by atoms with Crippen LogP contribution in [0.1, 0.15) is 54.9 Å².